The number of rotatable bonds is 8. The standard InChI is InChI=1S/C24H26N2O7.ClH/c1-14-15(2)26(29)24(25(14)12-16-8-9-19-21(10-16)33-13-32-19)18(11-22(27)28)17-6-5-7-20(30-3)23(17)31-4;/h5-10,18H,11-13H2,1-4H3,(H-,27,28,29);1H. The van der Waals surface area contributed by atoms with Crippen LogP contribution in [0.25, 0.3) is 0 Å². The highest BCUT2D eigenvalue weighted by Gasteiger charge is 2.37. The quantitative estimate of drug-likeness (QED) is 0.339. The second-order valence-corrected chi connectivity index (χ2v) is 7.85. The van der Waals surface area contributed by atoms with Crippen LogP contribution in [0.1, 0.15) is 40.7 Å². The van der Waals surface area contributed by atoms with E-state index in [1.54, 1.807) is 25.1 Å². The van der Waals surface area contributed by atoms with Crippen molar-refractivity contribution in [1.82, 2.24) is 4.73 Å². The zero-order valence-corrected chi connectivity index (χ0v) is 20.1. The van der Waals surface area contributed by atoms with Crippen LogP contribution in [-0.4, -0.2) is 42.0 Å². The van der Waals surface area contributed by atoms with Crippen molar-refractivity contribution >= 4 is 5.97 Å². The van der Waals surface area contributed by atoms with Crippen molar-refractivity contribution in [2.24, 2.45) is 0 Å². The van der Waals surface area contributed by atoms with Gasteiger partial charge < -0.3 is 41.7 Å². The van der Waals surface area contributed by atoms with Crippen molar-refractivity contribution in [3.63, 3.8) is 0 Å². The maximum absolute atomic E-state index is 11.9. The Morgan fingerprint density at radius 3 is 2.56 bits per heavy atom. The second-order valence-electron chi connectivity index (χ2n) is 7.85. The van der Waals surface area contributed by atoms with E-state index in [4.69, 9.17) is 18.9 Å². The molecule has 34 heavy (non-hydrogen) atoms. The summed E-state index contributed by atoms with van der Waals surface area (Å²) >= 11 is 0. The van der Waals surface area contributed by atoms with Crippen LogP contribution in [0.15, 0.2) is 36.4 Å². The number of aliphatic carboxylic acids is 1. The van der Waals surface area contributed by atoms with E-state index >= 15 is 0 Å². The molecule has 2 aromatic carbocycles. The number of nitrogens with zero attached hydrogens (tertiary/aromatic N) is 2. The molecule has 3 aromatic rings. The summed E-state index contributed by atoms with van der Waals surface area (Å²) < 4.78 is 24.9. The predicted molar refractivity (Wildman–Crippen MR) is 117 cm³/mol. The first-order valence-corrected chi connectivity index (χ1v) is 10.5. The number of hydrogen-bond donors (Lipinski definition) is 2. The van der Waals surface area contributed by atoms with Gasteiger partial charge in [-0.3, -0.25) is 4.79 Å². The molecule has 10 heteroatoms. The van der Waals surface area contributed by atoms with E-state index in [9.17, 15) is 15.1 Å². The van der Waals surface area contributed by atoms with Crippen LogP contribution in [0.2, 0.25) is 0 Å². The molecule has 0 saturated carbocycles. The van der Waals surface area contributed by atoms with Crippen molar-refractivity contribution in [2.45, 2.75) is 32.7 Å². The van der Waals surface area contributed by atoms with Gasteiger partial charge in [-0.15, -0.1) is 0 Å². The zero-order valence-electron chi connectivity index (χ0n) is 19.4. The molecule has 0 radical (unpaired) electrons. The van der Waals surface area contributed by atoms with Crippen LogP contribution in [0.3, 0.4) is 0 Å². The molecule has 9 nitrogen and oxygen atoms in total. The molecular weight excluding hydrogens is 464 g/mol. The van der Waals surface area contributed by atoms with Gasteiger partial charge in [0.25, 0.3) is 0 Å². The lowest BCUT2D eigenvalue weighted by molar-refractivity contribution is -0.703. The number of aromatic nitrogens is 2. The number of fused-ring (bicyclic) bond motifs is 1. The molecule has 1 aliphatic heterocycles. The van der Waals surface area contributed by atoms with Gasteiger partial charge in [-0.05, 0) is 28.5 Å². The summed E-state index contributed by atoms with van der Waals surface area (Å²) in [5.74, 6) is 0.964. The third-order valence-electron chi connectivity index (χ3n) is 6.02. The Bertz CT molecular complexity index is 1210. The van der Waals surface area contributed by atoms with Crippen LogP contribution in [-0.2, 0) is 11.3 Å². The summed E-state index contributed by atoms with van der Waals surface area (Å²) in [7, 11) is 3.03. The number of carbonyl (C=O) groups is 1. The average Bonchev–Trinajstić information content (AvgIpc) is 3.35. The fourth-order valence-electron chi connectivity index (χ4n) is 4.27. The molecule has 1 atom stereocenters. The predicted octanol–water partition coefficient (Wildman–Crippen LogP) is 0.0345. The minimum Gasteiger partial charge on any atom is -1.00 e. The van der Waals surface area contributed by atoms with Gasteiger partial charge in [0, 0.05) is 19.4 Å². The average molecular weight is 491 g/mol. The third kappa shape index (κ3) is 4.43. The van der Waals surface area contributed by atoms with E-state index in [0.717, 1.165) is 16.0 Å². The van der Waals surface area contributed by atoms with E-state index in [1.807, 2.05) is 29.7 Å². The van der Waals surface area contributed by atoms with Gasteiger partial charge in [-0.25, -0.2) is 4.57 Å². The Balaban J connectivity index is 0.00000324. The van der Waals surface area contributed by atoms with E-state index in [1.165, 1.54) is 14.2 Å². The van der Waals surface area contributed by atoms with Crippen molar-refractivity contribution in [3.8, 4) is 23.0 Å². The third-order valence-corrected chi connectivity index (χ3v) is 6.02. The molecule has 0 fully saturated rings. The minimum absolute atomic E-state index is 0. The topological polar surface area (TPSA) is 103 Å². The first-order valence-electron chi connectivity index (χ1n) is 10.5. The highest BCUT2D eigenvalue weighted by atomic mass is 35.5. The largest absolute Gasteiger partial charge is 1.00 e. The number of ether oxygens (including phenoxy) is 4. The van der Waals surface area contributed by atoms with Gasteiger partial charge in [0.15, 0.2) is 28.7 Å². The molecule has 182 valence electrons. The Morgan fingerprint density at radius 1 is 1.15 bits per heavy atom. The fraction of sp³-hybridized carbons (Fsp3) is 0.333. The fourth-order valence-corrected chi connectivity index (χ4v) is 4.27. The summed E-state index contributed by atoms with van der Waals surface area (Å²) in [6, 6.07) is 11.0. The van der Waals surface area contributed by atoms with Crippen molar-refractivity contribution in [1.29, 1.82) is 0 Å². The number of imidazole rings is 1. The number of carboxylic acids is 1. The highest BCUT2D eigenvalue weighted by Crippen LogP contribution is 2.40. The smallest absolute Gasteiger partial charge is 0.305 e. The lowest BCUT2D eigenvalue weighted by Gasteiger charge is -2.18. The maximum Gasteiger partial charge on any atom is 0.305 e. The number of carboxylic acid groups (broad SMARTS) is 1. The summed E-state index contributed by atoms with van der Waals surface area (Å²) in [6.45, 7) is 4.25. The molecule has 1 aliphatic rings. The van der Waals surface area contributed by atoms with Crippen molar-refractivity contribution in [3.05, 3.63) is 64.7 Å². The Labute approximate surface area is 203 Å². The summed E-state index contributed by atoms with van der Waals surface area (Å²) in [5.41, 5.74) is 2.95. The van der Waals surface area contributed by atoms with Crippen molar-refractivity contribution in [2.75, 3.05) is 21.0 Å². The molecule has 1 unspecified atom stereocenters. The minimum atomic E-state index is -1.00. The summed E-state index contributed by atoms with van der Waals surface area (Å²) in [4.78, 5) is 11.9. The molecule has 1 aromatic heterocycles. The van der Waals surface area contributed by atoms with E-state index in [2.05, 4.69) is 0 Å². The van der Waals surface area contributed by atoms with E-state index in [0.29, 0.717) is 46.6 Å². The zero-order chi connectivity index (χ0) is 23.7. The first-order chi connectivity index (χ1) is 15.8. The first kappa shape index (κ1) is 25.0. The molecule has 4 rings (SSSR count). The van der Waals surface area contributed by atoms with Gasteiger partial charge in [0.2, 0.25) is 6.79 Å². The molecule has 2 N–H and O–H groups in total. The number of methoxy groups -OCH3 is 2. The highest BCUT2D eigenvalue weighted by molar-refractivity contribution is 5.69. The number of para-hydroxylation sites is 1. The molecular formula is C24H27ClN2O7. The number of halogens is 1. The molecule has 0 amide bonds. The van der Waals surface area contributed by atoms with Gasteiger partial charge in [-0.1, -0.05) is 18.2 Å². The van der Waals surface area contributed by atoms with E-state index < -0.39 is 11.9 Å². The van der Waals surface area contributed by atoms with E-state index in [-0.39, 0.29) is 25.6 Å². The Hall–Kier alpha value is -3.59. The monoisotopic (exact) mass is 490 g/mol. The normalized spacial score (nSPS) is 12.7. The maximum atomic E-state index is 11.9. The molecule has 0 spiro atoms. The Morgan fingerprint density at radius 2 is 1.88 bits per heavy atom. The molecule has 0 bridgehead atoms. The van der Waals surface area contributed by atoms with Gasteiger partial charge >= 0.3 is 11.8 Å². The lowest BCUT2D eigenvalue weighted by atomic mass is 9.93. The van der Waals surface area contributed by atoms with Crippen LogP contribution < -0.4 is 35.9 Å². The number of benzene rings is 2. The molecule has 0 aliphatic carbocycles. The van der Waals surface area contributed by atoms with Crippen LogP contribution >= 0.6 is 0 Å². The van der Waals surface area contributed by atoms with Crippen molar-refractivity contribution < 1.29 is 51.0 Å². The number of hydrogen-bond acceptors (Lipinski definition) is 6. The van der Waals surface area contributed by atoms with Gasteiger partial charge in [-0.2, -0.15) is 0 Å². The van der Waals surface area contributed by atoms with Crippen LogP contribution in [0.5, 0.6) is 23.0 Å². The van der Waals surface area contributed by atoms with Gasteiger partial charge in [0.1, 0.15) is 18.2 Å². The van der Waals surface area contributed by atoms with Crippen LogP contribution in [0.4, 0.5) is 0 Å². The van der Waals surface area contributed by atoms with Gasteiger partial charge in [0.05, 0.1) is 20.6 Å². The molecule has 0 saturated heterocycles. The SMILES string of the molecule is COc1cccc(C(CC(=O)O)c2n(O)c(C)c(C)[n+]2Cc2ccc3c(c2)OCO3)c1OC.[Cl-]. The second kappa shape index (κ2) is 10.1. The summed E-state index contributed by atoms with van der Waals surface area (Å²) in [5, 5.41) is 20.8. The molecule has 2 heterocycles. The van der Waals surface area contributed by atoms with Crippen LogP contribution in [0, 0.1) is 13.8 Å². The summed E-state index contributed by atoms with van der Waals surface area (Å²) in [6.07, 6.45) is -0.256. The lowest BCUT2D eigenvalue weighted by Crippen LogP contribution is -3.00. The Kier molecular flexibility index (Phi) is 7.46.